The molecule has 3 rings (SSSR count). The van der Waals surface area contributed by atoms with Gasteiger partial charge < -0.3 is 5.73 Å². The molecule has 2 aromatic carbocycles. The lowest BCUT2D eigenvalue weighted by atomic mass is 10.2. The molecular formula is C18H13NS. The molecular weight excluding hydrogens is 262 g/mol. The van der Waals surface area contributed by atoms with E-state index in [0.717, 1.165) is 16.1 Å². The van der Waals surface area contributed by atoms with E-state index in [4.69, 9.17) is 5.73 Å². The van der Waals surface area contributed by atoms with Gasteiger partial charge in [0, 0.05) is 16.1 Å². The highest BCUT2D eigenvalue weighted by Crippen LogP contribution is 2.27. The Balaban J connectivity index is 1.85. The minimum Gasteiger partial charge on any atom is -0.399 e. The summed E-state index contributed by atoms with van der Waals surface area (Å²) in [6, 6.07) is 22.2. The number of hydrogen-bond donors (Lipinski definition) is 1. The second kappa shape index (κ2) is 5.64. The highest BCUT2D eigenvalue weighted by Gasteiger charge is 2.00. The van der Waals surface area contributed by atoms with Crippen LogP contribution in [0, 0.1) is 11.8 Å². The molecule has 0 aliphatic carbocycles. The van der Waals surface area contributed by atoms with Gasteiger partial charge in [0.1, 0.15) is 0 Å². The van der Waals surface area contributed by atoms with E-state index in [1.54, 1.807) is 11.3 Å². The minimum atomic E-state index is 0.743. The molecule has 3 aromatic rings. The fourth-order valence-corrected chi connectivity index (χ4v) is 2.78. The Morgan fingerprint density at radius 1 is 0.800 bits per heavy atom. The summed E-state index contributed by atoms with van der Waals surface area (Å²) in [4.78, 5) is 2.30. The highest BCUT2D eigenvalue weighted by atomic mass is 32.1. The second-order valence-electron chi connectivity index (χ2n) is 4.41. The summed E-state index contributed by atoms with van der Waals surface area (Å²) in [6.07, 6.45) is 0. The van der Waals surface area contributed by atoms with Crippen molar-refractivity contribution in [2.24, 2.45) is 0 Å². The largest absolute Gasteiger partial charge is 0.399 e. The molecule has 1 nitrogen and oxygen atoms in total. The Kier molecular flexibility index (Phi) is 3.54. The van der Waals surface area contributed by atoms with Crippen molar-refractivity contribution in [1.29, 1.82) is 0 Å². The van der Waals surface area contributed by atoms with Crippen LogP contribution in [0.3, 0.4) is 0 Å². The van der Waals surface area contributed by atoms with Gasteiger partial charge in [-0.25, -0.2) is 0 Å². The molecule has 1 aromatic heterocycles. The fraction of sp³-hybridized carbons (Fsp3) is 0. The van der Waals surface area contributed by atoms with E-state index in [9.17, 15) is 0 Å². The van der Waals surface area contributed by atoms with Crippen molar-refractivity contribution >= 4 is 17.0 Å². The summed E-state index contributed by atoms with van der Waals surface area (Å²) in [7, 11) is 0. The molecule has 2 heteroatoms. The predicted molar refractivity (Wildman–Crippen MR) is 86.6 cm³/mol. The molecule has 20 heavy (non-hydrogen) atoms. The van der Waals surface area contributed by atoms with E-state index in [1.807, 2.05) is 42.5 Å². The molecule has 2 N–H and O–H groups in total. The SMILES string of the molecule is Nc1cccc(C#Cc2ccc(-c3ccccc3)s2)c1. The van der Waals surface area contributed by atoms with Crippen LogP contribution in [0.1, 0.15) is 10.4 Å². The molecule has 0 aliphatic rings. The lowest BCUT2D eigenvalue weighted by Gasteiger charge is -1.94. The van der Waals surface area contributed by atoms with Crippen LogP contribution in [-0.4, -0.2) is 0 Å². The molecule has 0 fully saturated rings. The molecule has 0 atom stereocenters. The minimum absolute atomic E-state index is 0.743. The first kappa shape index (κ1) is 12.5. The third kappa shape index (κ3) is 2.90. The molecule has 0 aliphatic heterocycles. The molecule has 0 bridgehead atoms. The van der Waals surface area contributed by atoms with E-state index in [-0.39, 0.29) is 0 Å². The Morgan fingerprint density at radius 3 is 2.45 bits per heavy atom. The standard InChI is InChI=1S/C18H13NS/c19-16-8-4-5-14(13-16)9-10-17-11-12-18(20-17)15-6-2-1-3-7-15/h1-8,11-13H,19H2. The summed E-state index contributed by atoms with van der Waals surface area (Å²) in [5, 5.41) is 0. The maximum absolute atomic E-state index is 5.74. The average molecular weight is 275 g/mol. The quantitative estimate of drug-likeness (QED) is 0.517. The summed E-state index contributed by atoms with van der Waals surface area (Å²) < 4.78 is 0. The number of nitrogens with two attached hydrogens (primary N) is 1. The van der Waals surface area contributed by atoms with Gasteiger partial charge in [0.05, 0.1) is 4.88 Å². The van der Waals surface area contributed by atoms with E-state index in [2.05, 4.69) is 36.1 Å². The van der Waals surface area contributed by atoms with Crippen molar-refractivity contribution < 1.29 is 0 Å². The molecule has 0 spiro atoms. The Hall–Kier alpha value is -2.50. The number of nitrogen functional groups attached to an aromatic ring is 1. The number of rotatable bonds is 1. The fourth-order valence-electron chi connectivity index (χ4n) is 1.91. The third-order valence-corrected chi connectivity index (χ3v) is 3.93. The van der Waals surface area contributed by atoms with Gasteiger partial charge in [-0.1, -0.05) is 48.2 Å². The van der Waals surface area contributed by atoms with E-state index < -0.39 is 0 Å². The topological polar surface area (TPSA) is 26.0 Å². The average Bonchev–Trinajstić information content (AvgIpc) is 2.95. The molecule has 0 amide bonds. The van der Waals surface area contributed by atoms with Gasteiger partial charge in [-0.15, -0.1) is 11.3 Å². The van der Waals surface area contributed by atoms with Crippen LogP contribution in [-0.2, 0) is 0 Å². The van der Waals surface area contributed by atoms with Crippen molar-refractivity contribution in [1.82, 2.24) is 0 Å². The molecule has 0 radical (unpaired) electrons. The lowest BCUT2D eigenvalue weighted by molar-refractivity contribution is 1.63. The second-order valence-corrected chi connectivity index (χ2v) is 5.49. The van der Waals surface area contributed by atoms with Crippen molar-refractivity contribution in [2.75, 3.05) is 5.73 Å². The number of thiophene rings is 1. The summed E-state index contributed by atoms with van der Waals surface area (Å²) >= 11 is 1.70. The summed E-state index contributed by atoms with van der Waals surface area (Å²) in [5.41, 5.74) is 8.66. The molecule has 0 unspecified atom stereocenters. The molecule has 0 saturated heterocycles. The van der Waals surface area contributed by atoms with Gasteiger partial charge >= 0.3 is 0 Å². The van der Waals surface area contributed by atoms with Gasteiger partial charge in [0.25, 0.3) is 0 Å². The zero-order valence-electron chi connectivity index (χ0n) is 10.8. The summed E-state index contributed by atoms with van der Waals surface area (Å²) in [6.45, 7) is 0. The highest BCUT2D eigenvalue weighted by molar-refractivity contribution is 7.16. The van der Waals surface area contributed by atoms with Gasteiger partial charge in [0.2, 0.25) is 0 Å². The maximum Gasteiger partial charge on any atom is 0.0778 e. The van der Waals surface area contributed by atoms with Crippen LogP contribution >= 0.6 is 11.3 Å². The molecule has 1 heterocycles. The zero-order valence-corrected chi connectivity index (χ0v) is 11.7. The third-order valence-electron chi connectivity index (χ3n) is 2.88. The van der Waals surface area contributed by atoms with Crippen LogP contribution in [0.5, 0.6) is 0 Å². The Labute approximate surface area is 122 Å². The van der Waals surface area contributed by atoms with Crippen molar-refractivity contribution in [3.8, 4) is 22.3 Å². The first-order valence-corrected chi connectivity index (χ1v) is 7.16. The molecule has 0 saturated carbocycles. The predicted octanol–water partition coefficient (Wildman–Crippen LogP) is 4.40. The Bertz CT molecular complexity index is 776. The number of benzene rings is 2. The van der Waals surface area contributed by atoms with E-state index in [1.165, 1.54) is 10.4 Å². The van der Waals surface area contributed by atoms with Gasteiger partial charge in [-0.3, -0.25) is 0 Å². The van der Waals surface area contributed by atoms with Crippen LogP contribution < -0.4 is 5.73 Å². The monoisotopic (exact) mass is 275 g/mol. The van der Waals surface area contributed by atoms with E-state index in [0.29, 0.717) is 0 Å². The number of hydrogen-bond acceptors (Lipinski definition) is 2. The lowest BCUT2D eigenvalue weighted by Crippen LogP contribution is -1.84. The van der Waals surface area contributed by atoms with Crippen LogP contribution in [0.2, 0.25) is 0 Å². The van der Waals surface area contributed by atoms with E-state index >= 15 is 0 Å². The van der Waals surface area contributed by atoms with Crippen LogP contribution in [0.15, 0.2) is 66.7 Å². The molecule has 96 valence electrons. The smallest absolute Gasteiger partial charge is 0.0778 e. The van der Waals surface area contributed by atoms with Gasteiger partial charge in [-0.05, 0) is 35.9 Å². The van der Waals surface area contributed by atoms with Crippen LogP contribution in [0.4, 0.5) is 5.69 Å². The zero-order chi connectivity index (χ0) is 13.8. The number of anilines is 1. The van der Waals surface area contributed by atoms with Crippen LogP contribution in [0.25, 0.3) is 10.4 Å². The first-order valence-electron chi connectivity index (χ1n) is 6.34. The van der Waals surface area contributed by atoms with Crippen molar-refractivity contribution in [2.45, 2.75) is 0 Å². The van der Waals surface area contributed by atoms with Gasteiger partial charge in [-0.2, -0.15) is 0 Å². The van der Waals surface area contributed by atoms with Crippen molar-refractivity contribution in [3.05, 3.63) is 77.2 Å². The van der Waals surface area contributed by atoms with Crippen molar-refractivity contribution in [3.63, 3.8) is 0 Å². The van der Waals surface area contributed by atoms with Gasteiger partial charge in [0.15, 0.2) is 0 Å². The summed E-state index contributed by atoms with van der Waals surface area (Å²) in [5.74, 6) is 6.34. The first-order chi connectivity index (χ1) is 9.81. The Morgan fingerprint density at radius 2 is 1.65 bits per heavy atom. The maximum atomic E-state index is 5.74. The normalized spacial score (nSPS) is 9.80.